The minimum Gasteiger partial charge on any atom is -0.393 e. The van der Waals surface area contributed by atoms with Gasteiger partial charge in [-0.25, -0.2) is 9.97 Å². The highest BCUT2D eigenvalue weighted by atomic mass is 16.5. The monoisotopic (exact) mass is 348 g/mol. The Morgan fingerprint density at radius 1 is 1.48 bits per heavy atom. The van der Waals surface area contributed by atoms with Crippen molar-refractivity contribution in [3.8, 4) is 0 Å². The number of nitrogen functional groups attached to an aromatic ring is 1. The third kappa shape index (κ3) is 3.48. The van der Waals surface area contributed by atoms with E-state index in [2.05, 4.69) is 23.8 Å². The smallest absolute Gasteiger partial charge is 0.273 e. The molecule has 0 spiro atoms. The topological polar surface area (TPSA) is 102 Å². The quantitative estimate of drug-likeness (QED) is 0.853. The Morgan fingerprint density at radius 3 is 2.92 bits per heavy atom. The fraction of sp³-hybridized carbons (Fsp3) is 0.722. The number of fused-ring (bicyclic) bond motifs is 1. The van der Waals surface area contributed by atoms with E-state index < -0.39 is 6.10 Å². The highest BCUT2D eigenvalue weighted by Crippen LogP contribution is 2.42. The van der Waals surface area contributed by atoms with Gasteiger partial charge in [-0.3, -0.25) is 4.79 Å². The minimum atomic E-state index is -0.395. The van der Waals surface area contributed by atoms with Crippen LogP contribution in [-0.2, 0) is 11.2 Å². The van der Waals surface area contributed by atoms with Crippen molar-refractivity contribution in [1.82, 2.24) is 14.9 Å². The number of hydrogen-bond acceptors (Lipinski definition) is 6. The first kappa shape index (κ1) is 18.1. The molecule has 1 amide bonds. The number of nitrogens with zero attached hydrogens (tertiary/aromatic N) is 3. The lowest BCUT2D eigenvalue weighted by molar-refractivity contribution is -0.0824. The second-order valence-electron chi connectivity index (χ2n) is 7.66. The molecule has 1 aliphatic heterocycles. The number of rotatable bonds is 4. The molecule has 3 atom stereocenters. The summed E-state index contributed by atoms with van der Waals surface area (Å²) in [7, 11) is 1.70. The molecule has 25 heavy (non-hydrogen) atoms. The molecule has 7 nitrogen and oxygen atoms in total. The van der Waals surface area contributed by atoms with Gasteiger partial charge >= 0.3 is 0 Å². The molecule has 0 aromatic carbocycles. The highest BCUT2D eigenvalue weighted by Gasteiger charge is 2.52. The van der Waals surface area contributed by atoms with E-state index in [9.17, 15) is 9.90 Å². The predicted octanol–water partition coefficient (Wildman–Crippen LogP) is 1.40. The number of likely N-dealkylation sites (tertiary alicyclic amines) is 1. The highest BCUT2D eigenvalue weighted by molar-refractivity contribution is 5.93. The normalized spacial score (nSPS) is 29.1. The summed E-state index contributed by atoms with van der Waals surface area (Å²) in [5, 5.41) is 10.1. The van der Waals surface area contributed by atoms with E-state index in [4.69, 9.17) is 10.5 Å². The Hall–Kier alpha value is -1.73. The zero-order valence-electron chi connectivity index (χ0n) is 15.2. The van der Waals surface area contributed by atoms with Crippen LogP contribution in [0.4, 0.5) is 5.95 Å². The third-order valence-electron chi connectivity index (χ3n) is 5.46. The van der Waals surface area contributed by atoms with Crippen LogP contribution in [0.2, 0.25) is 0 Å². The van der Waals surface area contributed by atoms with Crippen LogP contribution in [0.5, 0.6) is 0 Å². The van der Waals surface area contributed by atoms with Crippen molar-refractivity contribution < 1.29 is 14.6 Å². The number of nitrogens with two attached hydrogens (primary N) is 1. The van der Waals surface area contributed by atoms with Gasteiger partial charge < -0.3 is 20.5 Å². The SMILES string of the molecule is CO[C@@]12CC[C@@H](O)C[C@@H]1N(C(=O)c1cc(CC(C)C)nc(N)n1)CC2. The maximum Gasteiger partial charge on any atom is 0.273 e. The summed E-state index contributed by atoms with van der Waals surface area (Å²) in [4.78, 5) is 23.3. The van der Waals surface area contributed by atoms with Crippen LogP contribution >= 0.6 is 0 Å². The molecule has 0 unspecified atom stereocenters. The molecule has 1 saturated heterocycles. The molecule has 2 aliphatic rings. The van der Waals surface area contributed by atoms with Gasteiger partial charge in [-0.15, -0.1) is 0 Å². The predicted molar refractivity (Wildman–Crippen MR) is 94.0 cm³/mol. The Labute approximate surface area is 148 Å². The van der Waals surface area contributed by atoms with E-state index in [0.717, 1.165) is 25.0 Å². The largest absolute Gasteiger partial charge is 0.393 e. The van der Waals surface area contributed by atoms with Crippen LogP contribution in [0.15, 0.2) is 6.07 Å². The number of ether oxygens (including phenoxy) is 1. The van der Waals surface area contributed by atoms with Gasteiger partial charge in [0.1, 0.15) is 5.69 Å². The second kappa shape index (κ2) is 6.88. The molecule has 1 aromatic heterocycles. The van der Waals surface area contributed by atoms with E-state index >= 15 is 0 Å². The Kier molecular flexibility index (Phi) is 4.97. The molecule has 138 valence electrons. The first-order valence-electron chi connectivity index (χ1n) is 9.02. The number of aromatic nitrogens is 2. The lowest BCUT2D eigenvalue weighted by Gasteiger charge is -2.42. The van der Waals surface area contributed by atoms with Gasteiger partial charge in [-0.05, 0) is 44.1 Å². The van der Waals surface area contributed by atoms with Crippen LogP contribution < -0.4 is 5.73 Å². The van der Waals surface area contributed by atoms with E-state index in [0.29, 0.717) is 31.0 Å². The van der Waals surface area contributed by atoms with Crippen molar-refractivity contribution in [2.24, 2.45) is 5.92 Å². The number of aliphatic hydroxyl groups is 1. The number of carbonyl (C=O) groups excluding carboxylic acids is 1. The average molecular weight is 348 g/mol. The van der Waals surface area contributed by atoms with Gasteiger partial charge in [0.2, 0.25) is 5.95 Å². The Bertz CT molecular complexity index is 651. The molecular weight excluding hydrogens is 320 g/mol. The van der Waals surface area contributed by atoms with Crippen molar-refractivity contribution >= 4 is 11.9 Å². The molecule has 3 rings (SSSR count). The molecular formula is C18H28N4O3. The molecule has 0 radical (unpaired) electrons. The number of hydrogen-bond donors (Lipinski definition) is 2. The van der Waals surface area contributed by atoms with E-state index in [-0.39, 0.29) is 23.5 Å². The third-order valence-corrected chi connectivity index (χ3v) is 5.46. The van der Waals surface area contributed by atoms with Crippen molar-refractivity contribution in [3.05, 3.63) is 17.5 Å². The zero-order chi connectivity index (χ0) is 18.2. The van der Waals surface area contributed by atoms with Crippen LogP contribution in [0.1, 0.15) is 55.7 Å². The summed E-state index contributed by atoms with van der Waals surface area (Å²) in [6.07, 6.45) is 3.16. The van der Waals surface area contributed by atoms with E-state index in [1.165, 1.54) is 0 Å². The standard InChI is InChI=1S/C18H28N4O3/c1-11(2)8-12-9-14(21-17(19)20-12)16(24)22-7-6-18(25-3)5-4-13(23)10-15(18)22/h9,11,13,15,23H,4-8,10H2,1-3H3,(H2,19,20,21)/t13-,15+,18-/m1/s1. The van der Waals surface area contributed by atoms with Crippen LogP contribution in [0.25, 0.3) is 0 Å². The van der Waals surface area contributed by atoms with Crippen molar-refractivity contribution in [2.45, 2.75) is 63.7 Å². The lowest BCUT2D eigenvalue weighted by Crippen LogP contribution is -2.52. The molecule has 1 aromatic rings. The summed E-state index contributed by atoms with van der Waals surface area (Å²) in [6.45, 7) is 4.79. The number of aliphatic hydroxyl groups excluding tert-OH is 1. The fourth-order valence-corrected chi connectivity index (χ4v) is 4.22. The van der Waals surface area contributed by atoms with E-state index in [1.807, 2.05) is 0 Å². The second-order valence-corrected chi connectivity index (χ2v) is 7.66. The van der Waals surface area contributed by atoms with Crippen molar-refractivity contribution in [3.63, 3.8) is 0 Å². The molecule has 7 heteroatoms. The first-order valence-corrected chi connectivity index (χ1v) is 9.02. The summed E-state index contributed by atoms with van der Waals surface area (Å²) in [6, 6.07) is 1.61. The van der Waals surface area contributed by atoms with Crippen LogP contribution in [-0.4, -0.2) is 57.3 Å². The minimum absolute atomic E-state index is 0.126. The van der Waals surface area contributed by atoms with Crippen LogP contribution in [0, 0.1) is 5.92 Å². The Balaban J connectivity index is 1.87. The zero-order valence-corrected chi connectivity index (χ0v) is 15.2. The van der Waals surface area contributed by atoms with Crippen molar-refractivity contribution in [1.29, 1.82) is 0 Å². The molecule has 1 aliphatic carbocycles. The number of anilines is 1. The lowest BCUT2D eigenvalue weighted by atomic mass is 9.79. The fourth-order valence-electron chi connectivity index (χ4n) is 4.22. The van der Waals surface area contributed by atoms with Gasteiger partial charge in [-0.1, -0.05) is 13.8 Å². The maximum atomic E-state index is 13.1. The van der Waals surface area contributed by atoms with Gasteiger partial charge in [0.15, 0.2) is 0 Å². The van der Waals surface area contributed by atoms with Gasteiger partial charge in [0, 0.05) is 19.3 Å². The van der Waals surface area contributed by atoms with E-state index in [1.54, 1.807) is 18.1 Å². The molecule has 2 heterocycles. The molecule has 0 bridgehead atoms. The number of amides is 1. The average Bonchev–Trinajstić information content (AvgIpc) is 2.92. The van der Waals surface area contributed by atoms with Crippen LogP contribution in [0.3, 0.4) is 0 Å². The first-order chi connectivity index (χ1) is 11.8. The molecule has 1 saturated carbocycles. The summed E-state index contributed by atoms with van der Waals surface area (Å²) < 4.78 is 5.80. The summed E-state index contributed by atoms with van der Waals surface area (Å²) in [5.41, 5.74) is 6.58. The Morgan fingerprint density at radius 2 is 2.24 bits per heavy atom. The maximum absolute atomic E-state index is 13.1. The van der Waals surface area contributed by atoms with Gasteiger partial charge in [-0.2, -0.15) is 0 Å². The summed E-state index contributed by atoms with van der Waals surface area (Å²) >= 11 is 0. The van der Waals surface area contributed by atoms with Crippen molar-refractivity contribution in [2.75, 3.05) is 19.4 Å². The number of methoxy groups -OCH3 is 1. The number of carbonyl (C=O) groups is 1. The van der Waals surface area contributed by atoms with Gasteiger partial charge in [0.25, 0.3) is 5.91 Å². The van der Waals surface area contributed by atoms with Gasteiger partial charge in [0.05, 0.1) is 17.7 Å². The molecule has 2 fully saturated rings. The summed E-state index contributed by atoms with van der Waals surface area (Å²) in [5.74, 6) is 0.387. The molecule has 3 N–H and O–H groups in total.